The zero-order chi connectivity index (χ0) is 20.1. The molecule has 0 N–H and O–H groups in total. The van der Waals surface area contributed by atoms with Crippen molar-refractivity contribution in [2.75, 3.05) is 0 Å². The molecule has 7 atom stereocenters. The molecule has 0 spiro atoms. The first-order valence-electron chi connectivity index (χ1n) is 12.5. The average Bonchev–Trinajstić information content (AvgIpc) is 3.16. The van der Waals surface area contributed by atoms with Crippen molar-refractivity contribution in [2.24, 2.45) is 46.3 Å². The minimum atomic E-state index is -0.420. The van der Waals surface area contributed by atoms with Crippen LogP contribution in [0.15, 0.2) is 0 Å². The molecule has 4 rings (SSSR count). The second kappa shape index (κ2) is 7.62. The van der Waals surface area contributed by atoms with Crippen molar-refractivity contribution >= 4 is 5.97 Å². The van der Waals surface area contributed by atoms with Crippen LogP contribution in [0.3, 0.4) is 0 Å². The summed E-state index contributed by atoms with van der Waals surface area (Å²) in [5, 5.41) is 0. The van der Waals surface area contributed by atoms with Gasteiger partial charge >= 0.3 is 5.97 Å². The highest BCUT2D eigenvalue weighted by Gasteiger charge is 2.50. The molecule has 0 heterocycles. The molecule has 0 aliphatic heterocycles. The predicted octanol–water partition coefficient (Wildman–Crippen LogP) is 7.01. The second-order valence-electron chi connectivity index (χ2n) is 12.0. The molecule has 4 aliphatic rings. The minimum Gasteiger partial charge on any atom is -0.462 e. The van der Waals surface area contributed by atoms with Crippen LogP contribution in [0.1, 0.15) is 105 Å². The summed E-state index contributed by atoms with van der Waals surface area (Å²) < 4.78 is 6.16. The third-order valence-corrected chi connectivity index (χ3v) is 10.5. The third kappa shape index (κ3) is 3.45. The molecule has 2 heteroatoms. The first-order chi connectivity index (χ1) is 13.2. The highest BCUT2D eigenvalue weighted by molar-refractivity contribution is 5.77. The SMILES string of the molecule is CCC(C)(C)C(C)(C)C(=O)OC1CCC2C(CCC3C4CCCC4CCC23)C1. The van der Waals surface area contributed by atoms with Gasteiger partial charge in [-0.2, -0.15) is 0 Å². The molecule has 0 saturated heterocycles. The van der Waals surface area contributed by atoms with Gasteiger partial charge in [-0.1, -0.05) is 33.6 Å². The highest BCUT2D eigenvalue weighted by Crippen LogP contribution is 2.58. The van der Waals surface area contributed by atoms with Gasteiger partial charge in [-0.05, 0) is 113 Å². The molecule has 0 aromatic rings. The molecule has 28 heavy (non-hydrogen) atoms. The zero-order valence-corrected chi connectivity index (χ0v) is 19.1. The van der Waals surface area contributed by atoms with Crippen LogP contribution in [-0.2, 0) is 9.53 Å². The fraction of sp³-hybridized carbons (Fsp3) is 0.962. The van der Waals surface area contributed by atoms with Gasteiger partial charge in [0.2, 0.25) is 0 Å². The molecular weight excluding hydrogens is 344 g/mol. The molecule has 2 nitrogen and oxygen atoms in total. The van der Waals surface area contributed by atoms with Crippen molar-refractivity contribution in [3.63, 3.8) is 0 Å². The monoisotopic (exact) mass is 388 g/mol. The van der Waals surface area contributed by atoms with Gasteiger partial charge in [0.1, 0.15) is 6.10 Å². The van der Waals surface area contributed by atoms with Crippen molar-refractivity contribution in [2.45, 2.75) is 111 Å². The smallest absolute Gasteiger partial charge is 0.312 e. The van der Waals surface area contributed by atoms with Crippen molar-refractivity contribution in [3.8, 4) is 0 Å². The van der Waals surface area contributed by atoms with E-state index in [0.29, 0.717) is 0 Å². The van der Waals surface area contributed by atoms with Crippen LogP contribution in [0.2, 0.25) is 0 Å². The first-order valence-corrected chi connectivity index (χ1v) is 12.5. The van der Waals surface area contributed by atoms with E-state index in [9.17, 15) is 4.79 Å². The van der Waals surface area contributed by atoms with E-state index in [1.54, 1.807) is 0 Å². The molecule has 0 amide bonds. The van der Waals surface area contributed by atoms with E-state index in [-0.39, 0.29) is 17.5 Å². The maximum Gasteiger partial charge on any atom is 0.312 e. The summed E-state index contributed by atoms with van der Waals surface area (Å²) in [6, 6.07) is 0. The normalized spacial score (nSPS) is 41.0. The topological polar surface area (TPSA) is 26.3 Å². The van der Waals surface area contributed by atoms with Gasteiger partial charge in [-0.25, -0.2) is 0 Å². The third-order valence-electron chi connectivity index (χ3n) is 10.5. The summed E-state index contributed by atoms with van der Waals surface area (Å²) in [5.41, 5.74) is -0.448. The number of rotatable bonds is 4. The Kier molecular flexibility index (Phi) is 5.64. The predicted molar refractivity (Wildman–Crippen MR) is 115 cm³/mol. The van der Waals surface area contributed by atoms with E-state index in [4.69, 9.17) is 4.74 Å². The maximum absolute atomic E-state index is 13.0. The molecule has 4 saturated carbocycles. The fourth-order valence-electron chi connectivity index (χ4n) is 7.56. The summed E-state index contributed by atoms with van der Waals surface area (Å²) in [4.78, 5) is 13.0. The molecule has 0 bridgehead atoms. The Bertz CT molecular complexity index is 577. The van der Waals surface area contributed by atoms with Crippen LogP contribution < -0.4 is 0 Å². The van der Waals surface area contributed by atoms with E-state index < -0.39 is 5.41 Å². The second-order valence-corrected chi connectivity index (χ2v) is 12.0. The van der Waals surface area contributed by atoms with E-state index >= 15 is 0 Å². The Morgan fingerprint density at radius 1 is 0.786 bits per heavy atom. The number of esters is 1. The average molecular weight is 389 g/mol. The van der Waals surface area contributed by atoms with Crippen LogP contribution in [0, 0.1) is 46.3 Å². The van der Waals surface area contributed by atoms with Crippen LogP contribution in [0.4, 0.5) is 0 Å². The van der Waals surface area contributed by atoms with Crippen LogP contribution in [0.5, 0.6) is 0 Å². The van der Waals surface area contributed by atoms with Gasteiger partial charge < -0.3 is 4.74 Å². The molecule has 4 fully saturated rings. The summed E-state index contributed by atoms with van der Waals surface area (Å²) in [6.45, 7) is 10.7. The highest BCUT2D eigenvalue weighted by atomic mass is 16.5. The van der Waals surface area contributed by atoms with Crippen molar-refractivity contribution in [1.82, 2.24) is 0 Å². The minimum absolute atomic E-state index is 0.0285. The molecule has 0 aromatic heterocycles. The van der Waals surface area contributed by atoms with Gasteiger partial charge in [-0.3, -0.25) is 4.79 Å². The van der Waals surface area contributed by atoms with Gasteiger partial charge in [-0.15, -0.1) is 0 Å². The van der Waals surface area contributed by atoms with Gasteiger partial charge in [0.25, 0.3) is 0 Å². The van der Waals surface area contributed by atoms with E-state index in [1.807, 2.05) is 0 Å². The lowest BCUT2D eigenvalue weighted by Crippen LogP contribution is -2.47. The lowest BCUT2D eigenvalue weighted by atomic mass is 9.53. The standard InChI is InChI=1S/C26H44O2/c1-6-25(2,3)26(4,5)24(27)28-19-12-15-21-18(16-19)11-14-22-20-9-7-8-17(20)10-13-23(21)22/h17-23H,6-16H2,1-5H3. The molecule has 0 aromatic carbocycles. The van der Waals surface area contributed by atoms with Crippen LogP contribution in [0.25, 0.3) is 0 Å². The maximum atomic E-state index is 13.0. The number of fused-ring (bicyclic) bond motifs is 5. The lowest BCUT2D eigenvalue weighted by Gasteiger charge is -2.52. The Morgan fingerprint density at radius 3 is 2.07 bits per heavy atom. The number of hydrogen-bond acceptors (Lipinski definition) is 2. The Morgan fingerprint density at radius 2 is 1.39 bits per heavy atom. The van der Waals surface area contributed by atoms with E-state index in [0.717, 1.165) is 54.8 Å². The Labute approximate surface area is 173 Å². The fourth-order valence-corrected chi connectivity index (χ4v) is 7.56. The molecule has 4 aliphatic carbocycles. The van der Waals surface area contributed by atoms with Crippen molar-refractivity contribution in [1.29, 1.82) is 0 Å². The number of hydrogen-bond donors (Lipinski definition) is 0. The van der Waals surface area contributed by atoms with Crippen LogP contribution >= 0.6 is 0 Å². The molecule has 0 radical (unpaired) electrons. The van der Waals surface area contributed by atoms with E-state index in [2.05, 4.69) is 34.6 Å². The summed E-state index contributed by atoms with van der Waals surface area (Å²) in [5.74, 6) is 5.93. The molecular formula is C26H44O2. The zero-order valence-electron chi connectivity index (χ0n) is 19.1. The van der Waals surface area contributed by atoms with Crippen LogP contribution in [-0.4, -0.2) is 12.1 Å². The van der Waals surface area contributed by atoms with Gasteiger partial charge in [0, 0.05) is 0 Å². The van der Waals surface area contributed by atoms with Crippen molar-refractivity contribution in [3.05, 3.63) is 0 Å². The Balaban J connectivity index is 1.37. The summed E-state index contributed by atoms with van der Waals surface area (Å²) in [6.07, 6.45) is 15.1. The lowest BCUT2D eigenvalue weighted by molar-refractivity contribution is -0.171. The van der Waals surface area contributed by atoms with Gasteiger partial charge in [0.15, 0.2) is 0 Å². The summed E-state index contributed by atoms with van der Waals surface area (Å²) in [7, 11) is 0. The van der Waals surface area contributed by atoms with Gasteiger partial charge in [0.05, 0.1) is 5.41 Å². The molecule has 160 valence electrons. The largest absolute Gasteiger partial charge is 0.462 e. The number of ether oxygens (including phenoxy) is 1. The quantitative estimate of drug-likeness (QED) is 0.484. The first kappa shape index (κ1) is 20.7. The number of carbonyl (C=O) groups excluding carboxylic acids is 1. The Hall–Kier alpha value is -0.530. The van der Waals surface area contributed by atoms with Crippen molar-refractivity contribution < 1.29 is 9.53 Å². The number of carbonyl (C=O) groups is 1. The molecule has 7 unspecified atom stereocenters. The summed E-state index contributed by atoms with van der Waals surface area (Å²) >= 11 is 0. The van der Waals surface area contributed by atoms with E-state index in [1.165, 1.54) is 51.4 Å².